The molecule has 15 heavy (non-hydrogen) atoms. The SMILES string of the molecule is CC(O)CNCCOCCNCC(C)O. The Labute approximate surface area is 91.8 Å². The number of hydrogen-bond acceptors (Lipinski definition) is 5. The molecule has 2 atom stereocenters. The maximum absolute atomic E-state index is 8.94. The second-order valence-corrected chi connectivity index (χ2v) is 3.72. The van der Waals surface area contributed by atoms with Crippen LogP contribution < -0.4 is 10.6 Å². The van der Waals surface area contributed by atoms with Gasteiger partial charge in [0.2, 0.25) is 0 Å². The molecule has 0 fully saturated rings. The number of nitrogens with one attached hydrogen (secondary N) is 2. The summed E-state index contributed by atoms with van der Waals surface area (Å²) >= 11 is 0. The van der Waals surface area contributed by atoms with Crippen LogP contribution in [-0.2, 0) is 4.74 Å². The Balaban J connectivity index is 2.93. The van der Waals surface area contributed by atoms with Gasteiger partial charge in [0.15, 0.2) is 0 Å². The molecule has 4 N–H and O–H groups in total. The highest BCUT2D eigenvalue weighted by molar-refractivity contribution is 4.53. The zero-order chi connectivity index (χ0) is 11.5. The Morgan fingerprint density at radius 1 is 0.933 bits per heavy atom. The van der Waals surface area contributed by atoms with Crippen molar-refractivity contribution in [3.8, 4) is 0 Å². The maximum atomic E-state index is 8.94. The molecule has 0 radical (unpaired) electrons. The summed E-state index contributed by atoms with van der Waals surface area (Å²) in [7, 11) is 0. The molecule has 0 aromatic rings. The van der Waals surface area contributed by atoms with Crippen LogP contribution in [0.25, 0.3) is 0 Å². The molecular weight excluding hydrogens is 196 g/mol. The smallest absolute Gasteiger partial charge is 0.0636 e. The van der Waals surface area contributed by atoms with Gasteiger partial charge in [-0.25, -0.2) is 0 Å². The van der Waals surface area contributed by atoms with Crippen LogP contribution in [0.4, 0.5) is 0 Å². The largest absolute Gasteiger partial charge is 0.392 e. The molecule has 92 valence electrons. The highest BCUT2D eigenvalue weighted by Crippen LogP contribution is 1.77. The molecule has 5 heteroatoms. The fourth-order valence-electron chi connectivity index (χ4n) is 1.01. The summed E-state index contributed by atoms with van der Waals surface area (Å²) in [6.45, 7) is 7.48. The highest BCUT2D eigenvalue weighted by atomic mass is 16.5. The molecular formula is C10H24N2O3. The summed E-state index contributed by atoms with van der Waals surface area (Å²) in [6, 6.07) is 0. The van der Waals surface area contributed by atoms with Crippen molar-refractivity contribution in [3.05, 3.63) is 0 Å². The minimum atomic E-state index is -0.308. The van der Waals surface area contributed by atoms with E-state index in [9.17, 15) is 0 Å². The lowest BCUT2D eigenvalue weighted by atomic mass is 10.4. The Bertz CT molecular complexity index is 118. The standard InChI is InChI=1S/C10H24N2O3/c1-9(13)7-11-3-5-15-6-4-12-8-10(2)14/h9-14H,3-8H2,1-2H3. The molecule has 0 spiro atoms. The molecule has 5 nitrogen and oxygen atoms in total. The summed E-state index contributed by atoms with van der Waals surface area (Å²) in [6.07, 6.45) is -0.615. The molecule has 0 aromatic carbocycles. The van der Waals surface area contributed by atoms with Crippen molar-refractivity contribution < 1.29 is 14.9 Å². The van der Waals surface area contributed by atoms with Gasteiger partial charge in [0.25, 0.3) is 0 Å². The van der Waals surface area contributed by atoms with Crippen molar-refractivity contribution in [1.29, 1.82) is 0 Å². The zero-order valence-corrected chi connectivity index (χ0v) is 9.70. The van der Waals surface area contributed by atoms with E-state index >= 15 is 0 Å². The third-order valence-electron chi connectivity index (χ3n) is 1.73. The lowest BCUT2D eigenvalue weighted by Gasteiger charge is -2.09. The minimum absolute atomic E-state index is 0.308. The van der Waals surface area contributed by atoms with Crippen LogP contribution in [0.5, 0.6) is 0 Å². The predicted octanol–water partition coefficient (Wildman–Crippen LogP) is -1.06. The lowest BCUT2D eigenvalue weighted by molar-refractivity contribution is 0.127. The number of aliphatic hydroxyl groups excluding tert-OH is 2. The van der Waals surface area contributed by atoms with Crippen molar-refractivity contribution in [2.24, 2.45) is 0 Å². The van der Waals surface area contributed by atoms with E-state index < -0.39 is 0 Å². The number of ether oxygens (including phenoxy) is 1. The van der Waals surface area contributed by atoms with Gasteiger partial charge >= 0.3 is 0 Å². The summed E-state index contributed by atoms with van der Waals surface area (Å²) in [5, 5.41) is 24.0. The second-order valence-electron chi connectivity index (χ2n) is 3.72. The van der Waals surface area contributed by atoms with Crippen molar-refractivity contribution in [3.63, 3.8) is 0 Å². The molecule has 0 aliphatic carbocycles. The summed E-state index contributed by atoms with van der Waals surface area (Å²) in [5.74, 6) is 0. The Morgan fingerprint density at radius 3 is 1.67 bits per heavy atom. The van der Waals surface area contributed by atoms with Crippen LogP contribution in [0.15, 0.2) is 0 Å². The molecule has 0 aromatic heterocycles. The fraction of sp³-hybridized carbons (Fsp3) is 1.00. The average Bonchev–Trinajstić information content (AvgIpc) is 2.14. The first-order valence-corrected chi connectivity index (χ1v) is 5.48. The van der Waals surface area contributed by atoms with Crippen LogP contribution in [0.2, 0.25) is 0 Å². The van der Waals surface area contributed by atoms with Crippen LogP contribution in [-0.4, -0.2) is 61.8 Å². The van der Waals surface area contributed by atoms with E-state index in [-0.39, 0.29) is 12.2 Å². The first-order chi connectivity index (χ1) is 7.13. The quantitative estimate of drug-likeness (QED) is 0.353. The van der Waals surface area contributed by atoms with E-state index in [1.165, 1.54) is 0 Å². The Kier molecular flexibility index (Phi) is 10.2. The Morgan fingerprint density at radius 2 is 1.33 bits per heavy atom. The van der Waals surface area contributed by atoms with Gasteiger partial charge in [0.1, 0.15) is 0 Å². The number of hydrogen-bond donors (Lipinski definition) is 4. The second kappa shape index (κ2) is 10.3. The minimum Gasteiger partial charge on any atom is -0.392 e. The van der Waals surface area contributed by atoms with Gasteiger partial charge in [-0.3, -0.25) is 0 Å². The van der Waals surface area contributed by atoms with Crippen LogP contribution in [0.1, 0.15) is 13.8 Å². The molecule has 0 saturated heterocycles. The van der Waals surface area contributed by atoms with Gasteiger partial charge in [0, 0.05) is 26.2 Å². The maximum Gasteiger partial charge on any atom is 0.0636 e. The van der Waals surface area contributed by atoms with E-state index in [1.54, 1.807) is 13.8 Å². The summed E-state index contributed by atoms with van der Waals surface area (Å²) in [5.41, 5.74) is 0. The van der Waals surface area contributed by atoms with Gasteiger partial charge in [-0.05, 0) is 13.8 Å². The molecule has 0 rings (SSSR count). The van der Waals surface area contributed by atoms with Crippen LogP contribution >= 0.6 is 0 Å². The van der Waals surface area contributed by atoms with E-state index in [1.807, 2.05) is 0 Å². The molecule has 0 aliphatic heterocycles. The van der Waals surface area contributed by atoms with E-state index in [2.05, 4.69) is 10.6 Å². The van der Waals surface area contributed by atoms with Crippen LogP contribution in [0, 0.1) is 0 Å². The highest BCUT2D eigenvalue weighted by Gasteiger charge is 1.95. The van der Waals surface area contributed by atoms with Gasteiger partial charge < -0.3 is 25.6 Å². The monoisotopic (exact) mass is 220 g/mol. The van der Waals surface area contributed by atoms with E-state index in [4.69, 9.17) is 14.9 Å². The molecule has 2 unspecified atom stereocenters. The first-order valence-electron chi connectivity index (χ1n) is 5.48. The van der Waals surface area contributed by atoms with Crippen molar-refractivity contribution >= 4 is 0 Å². The van der Waals surface area contributed by atoms with E-state index in [0.29, 0.717) is 26.3 Å². The Hall–Kier alpha value is -0.200. The van der Waals surface area contributed by atoms with Crippen molar-refractivity contribution in [2.75, 3.05) is 39.4 Å². The average molecular weight is 220 g/mol. The van der Waals surface area contributed by atoms with Crippen molar-refractivity contribution in [1.82, 2.24) is 10.6 Å². The normalized spacial score (nSPS) is 15.2. The topological polar surface area (TPSA) is 73.8 Å². The van der Waals surface area contributed by atoms with Crippen molar-refractivity contribution in [2.45, 2.75) is 26.1 Å². The first kappa shape index (κ1) is 14.8. The zero-order valence-electron chi connectivity index (χ0n) is 9.70. The van der Waals surface area contributed by atoms with E-state index in [0.717, 1.165) is 13.1 Å². The van der Waals surface area contributed by atoms with Gasteiger partial charge in [0.05, 0.1) is 25.4 Å². The summed E-state index contributed by atoms with van der Waals surface area (Å²) in [4.78, 5) is 0. The fourth-order valence-corrected chi connectivity index (χ4v) is 1.01. The molecule has 0 amide bonds. The lowest BCUT2D eigenvalue weighted by Crippen LogP contribution is -2.30. The van der Waals surface area contributed by atoms with Gasteiger partial charge in [-0.15, -0.1) is 0 Å². The molecule has 0 saturated carbocycles. The third kappa shape index (κ3) is 13.8. The predicted molar refractivity (Wildman–Crippen MR) is 59.9 cm³/mol. The molecule has 0 heterocycles. The van der Waals surface area contributed by atoms with Gasteiger partial charge in [-0.1, -0.05) is 0 Å². The summed E-state index contributed by atoms with van der Waals surface area (Å²) < 4.78 is 5.31. The van der Waals surface area contributed by atoms with Gasteiger partial charge in [-0.2, -0.15) is 0 Å². The third-order valence-corrected chi connectivity index (χ3v) is 1.73. The number of rotatable bonds is 10. The molecule has 0 aliphatic rings. The molecule has 0 bridgehead atoms. The number of aliphatic hydroxyl groups is 2. The van der Waals surface area contributed by atoms with Crippen LogP contribution in [0.3, 0.4) is 0 Å².